The summed E-state index contributed by atoms with van der Waals surface area (Å²) in [6.07, 6.45) is 7.09. The minimum Gasteiger partial charge on any atom is -0.334 e. The molecule has 9 aromatic rings. The Hall–Kier alpha value is -7.82. The Morgan fingerprint density at radius 3 is 1.61 bits per heavy atom. The smallest absolute Gasteiger partial charge is 0.252 e. The van der Waals surface area contributed by atoms with E-state index in [4.69, 9.17) is 0 Å². The predicted octanol–water partition coefficient (Wildman–Crippen LogP) is 20.3. The van der Waals surface area contributed by atoms with E-state index >= 15 is 0 Å². The van der Waals surface area contributed by atoms with Crippen LogP contribution in [0.2, 0.25) is 0 Å². The molecule has 3 aliphatic heterocycles. The van der Waals surface area contributed by atoms with Crippen LogP contribution in [0.4, 0.5) is 45.5 Å². The molecule has 3 heterocycles. The zero-order valence-electron chi connectivity index (χ0n) is 53.3. The molecule has 1 aliphatic carbocycles. The Bertz CT molecular complexity index is 4080. The van der Waals surface area contributed by atoms with Crippen LogP contribution >= 0.6 is 0 Å². The van der Waals surface area contributed by atoms with Crippen molar-refractivity contribution in [3.8, 4) is 11.1 Å². The molecule has 428 valence electrons. The molecule has 85 heavy (non-hydrogen) atoms. The van der Waals surface area contributed by atoms with Crippen molar-refractivity contribution in [1.29, 1.82) is 0 Å². The van der Waals surface area contributed by atoms with E-state index < -0.39 is 0 Å². The third kappa shape index (κ3) is 9.49. The van der Waals surface area contributed by atoms with Crippen LogP contribution < -0.4 is 31.1 Å². The summed E-state index contributed by atoms with van der Waals surface area (Å²) in [6.45, 7) is 35.2. The van der Waals surface area contributed by atoms with Gasteiger partial charge >= 0.3 is 0 Å². The van der Waals surface area contributed by atoms with Crippen LogP contribution in [0, 0.1) is 6.92 Å². The van der Waals surface area contributed by atoms with Crippen molar-refractivity contribution >= 4 is 80.2 Å². The second kappa shape index (κ2) is 20.2. The summed E-state index contributed by atoms with van der Waals surface area (Å²) in [5.41, 5.74) is 29.2. The van der Waals surface area contributed by atoms with Crippen molar-refractivity contribution in [1.82, 2.24) is 0 Å². The van der Waals surface area contributed by atoms with E-state index in [1.807, 2.05) is 0 Å². The van der Waals surface area contributed by atoms with E-state index in [1.165, 1.54) is 142 Å². The maximum absolute atomic E-state index is 2.79. The lowest BCUT2D eigenvalue weighted by Gasteiger charge is -2.50. The maximum atomic E-state index is 2.79. The minimum absolute atomic E-state index is 0.00230. The van der Waals surface area contributed by atoms with Crippen molar-refractivity contribution in [2.75, 3.05) is 14.7 Å². The Morgan fingerprint density at radius 1 is 0.435 bits per heavy atom. The van der Waals surface area contributed by atoms with Crippen LogP contribution in [-0.2, 0) is 27.1 Å². The van der Waals surface area contributed by atoms with Gasteiger partial charge in [0.05, 0.1) is 11.2 Å². The quantitative estimate of drug-likeness (QED) is 0.116. The van der Waals surface area contributed by atoms with Gasteiger partial charge in [-0.3, -0.25) is 0 Å². The van der Waals surface area contributed by atoms with Crippen molar-refractivity contribution in [3.63, 3.8) is 0 Å². The van der Waals surface area contributed by atoms with Gasteiger partial charge in [0.1, 0.15) is 0 Å². The van der Waals surface area contributed by atoms with E-state index in [9.17, 15) is 0 Å². The highest BCUT2D eigenvalue weighted by Gasteiger charge is 2.58. The molecule has 2 atom stereocenters. The van der Waals surface area contributed by atoms with E-state index in [-0.39, 0.29) is 39.3 Å². The van der Waals surface area contributed by atoms with Crippen LogP contribution in [0.15, 0.2) is 194 Å². The largest absolute Gasteiger partial charge is 0.334 e. The van der Waals surface area contributed by atoms with Crippen LogP contribution in [0.5, 0.6) is 0 Å². The number of nitrogens with zero attached hydrogens (tertiary/aromatic N) is 3. The second-order valence-electron chi connectivity index (χ2n) is 29.9. The Morgan fingerprint density at radius 2 is 0.965 bits per heavy atom. The molecule has 0 amide bonds. The fourth-order valence-electron chi connectivity index (χ4n) is 14.9. The third-order valence-corrected chi connectivity index (χ3v) is 20.1. The summed E-state index contributed by atoms with van der Waals surface area (Å²) >= 11 is 0. The molecular formula is C81H86BN3. The summed E-state index contributed by atoms with van der Waals surface area (Å²) in [4.78, 5) is 8.01. The van der Waals surface area contributed by atoms with Crippen molar-refractivity contribution in [2.24, 2.45) is 0 Å². The average Bonchev–Trinajstić information content (AvgIpc) is 2.06. The normalized spacial score (nSPS) is 18.4. The predicted molar refractivity (Wildman–Crippen MR) is 368 cm³/mol. The van der Waals surface area contributed by atoms with Gasteiger partial charge < -0.3 is 14.7 Å². The summed E-state index contributed by atoms with van der Waals surface area (Å²) in [5, 5.41) is 0. The Labute approximate surface area is 509 Å². The van der Waals surface area contributed by atoms with E-state index in [0.717, 1.165) is 12.8 Å². The van der Waals surface area contributed by atoms with Gasteiger partial charge in [0.2, 0.25) is 0 Å². The Balaban J connectivity index is 1.00. The SMILES string of the molecule is Cc1cc2c3c(c1)N(c1ccc(C(C)(C)C)cc1-c1ccccc1)c1ccccc1B3c1ccc(N3c4ccc(/C(=C\c5ccc(C(C)(C)C)cc5)c5ccc(C(C)(C)C)cc5)cc4C4(C)CCCCC34C)cc1N2c1ccc(C(C)(C)C)cc1. The van der Waals surface area contributed by atoms with Gasteiger partial charge in [-0.25, -0.2) is 0 Å². The number of para-hydroxylation sites is 1. The van der Waals surface area contributed by atoms with E-state index in [2.05, 4.69) is 319 Å². The monoisotopic (exact) mass is 1110 g/mol. The first-order valence-electron chi connectivity index (χ1n) is 31.5. The molecule has 9 aromatic carbocycles. The molecule has 13 rings (SSSR count). The van der Waals surface area contributed by atoms with E-state index in [0.29, 0.717) is 0 Å². The molecule has 4 heteroatoms. The molecule has 4 aliphatic rings. The van der Waals surface area contributed by atoms with Gasteiger partial charge in [-0.05, 0) is 199 Å². The molecule has 0 spiro atoms. The van der Waals surface area contributed by atoms with Crippen molar-refractivity contribution in [3.05, 3.63) is 244 Å². The number of rotatable bonds is 7. The molecule has 1 fully saturated rings. The van der Waals surface area contributed by atoms with Crippen molar-refractivity contribution in [2.45, 2.75) is 162 Å². The number of benzene rings is 9. The van der Waals surface area contributed by atoms with Crippen LogP contribution in [0.1, 0.15) is 173 Å². The molecular weight excluding hydrogens is 1030 g/mol. The number of aryl methyl sites for hydroxylation is 1. The summed E-state index contributed by atoms with van der Waals surface area (Å²) in [7, 11) is 0. The third-order valence-electron chi connectivity index (χ3n) is 20.1. The molecule has 1 saturated carbocycles. The number of hydrogen-bond acceptors (Lipinski definition) is 3. The van der Waals surface area contributed by atoms with Crippen LogP contribution in [0.25, 0.3) is 22.8 Å². The number of fused-ring (bicyclic) bond motifs is 7. The fourth-order valence-corrected chi connectivity index (χ4v) is 14.9. The standard InChI is InChI=1S/C81H86BN3/c1-53-47-73-75-74(48-53)84(69-44-38-61(79(11,12)13)51-65(69)55-23-17-16-18-24-55)71-26-20-19-25-67(71)82(75)68-42-41-63(52-72(68)83(73)62-39-36-60(37-40-62)78(8,9)10)85-70-43-31-57(50-66(70)80(14)45-21-22-46-81(80,85)15)64(56-29-34-59(35-30-56)77(5,6)7)49-54-27-32-58(33-28-54)76(2,3)4/h16-20,23-44,47-52H,21-22,45-46H2,1-15H3/b64-49-. The minimum atomic E-state index is -0.173. The molecule has 0 N–H and O–H groups in total. The fraction of sp³-hybridized carbons (Fsp3) is 0.309. The molecule has 0 radical (unpaired) electrons. The van der Waals surface area contributed by atoms with Gasteiger partial charge in [-0.15, -0.1) is 0 Å². The first kappa shape index (κ1) is 56.3. The molecule has 2 unspecified atom stereocenters. The van der Waals surface area contributed by atoms with Gasteiger partial charge in [-0.1, -0.05) is 230 Å². The lowest BCUT2D eigenvalue weighted by atomic mass is 9.33. The first-order chi connectivity index (χ1) is 40.3. The molecule has 0 saturated heterocycles. The topological polar surface area (TPSA) is 9.72 Å². The summed E-state index contributed by atoms with van der Waals surface area (Å²) in [5.74, 6) is 0. The molecule has 0 aromatic heterocycles. The van der Waals surface area contributed by atoms with Crippen LogP contribution in [-0.4, -0.2) is 12.3 Å². The van der Waals surface area contributed by atoms with E-state index in [1.54, 1.807) is 0 Å². The molecule has 0 bridgehead atoms. The zero-order valence-corrected chi connectivity index (χ0v) is 53.3. The lowest BCUT2D eigenvalue weighted by molar-refractivity contribution is 0.195. The van der Waals surface area contributed by atoms with Gasteiger partial charge in [-0.2, -0.15) is 0 Å². The van der Waals surface area contributed by atoms with Gasteiger partial charge in [0.15, 0.2) is 0 Å². The van der Waals surface area contributed by atoms with Crippen LogP contribution in [0.3, 0.4) is 0 Å². The number of anilines is 8. The second-order valence-corrected chi connectivity index (χ2v) is 29.9. The first-order valence-corrected chi connectivity index (χ1v) is 31.5. The van der Waals surface area contributed by atoms with Crippen molar-refractivity contribution < 1.29 is 0 Å². The van der Waals surface area contributed by atoms with Gasteiger partial charge in [0.25, 0.3) is 6.71 Å². The Kier molecular flexibility index (Phi) is 13.4. The zero-order chi connectivity index (χ0) is 59.8. The maximum Gasteiger partial charge on any atom is 0.252 e. The highest BCUT2D eigenvalue weighted by Crippen LogP contribution is 2.62. The summed E-state index contributed by atoms with van der Waals surface area (Å²) < 4.78 is 0. The van der Waals surface area contributed by atoms with Gasteiger partial charge in [0, 0.05) is 50.8 Å². The molecule has 3 nitrogen and oxygen atoms in total. The average molecular weight is 1110 g/mol. The highest BCUT2D eigenvalue weighted by molar-refractivity contribution is 7.00. The highest BCUT2D eigenvalue weighted by atomic mass is 15.3. The number of hydrogen-bond donors (Lipinski definition) is 0. The summed E-state index contributed by atoms with van der Waals surface area (Å²) in [6, 6.07) is 75.6. The lowest BCUT2D eigenvalue weighted by Crippen LogP contribution is -2.61.